The predicted molar refractivity (Wildman–Crippen MR) is 76.1 cm³/mol. The SMILES string of the molecule is O=c1c2ccccc2[se]n1-c1ccc2cn[nH]c2c1. The first kappa shape index (κ1) is 10.8. The molecule has 0 amide bonds. The molecular weight excluding hydrogens is 305 g/mol. The summed E-state index contributed by atoms with van der Waals surface area (Å²) >= 11 is 0.0153. The maximum absolute atomic E-state index is 12.4. The molecule has 0 bridgehead atoms. The summed E-state index contributed by atoms with van der Waals surface area (Å²) in [5.41, 5.74) is 1.98. The molecule has 0 aliphatic carbocycles. The summed E-state index contributed by atoms with van der Waals surface area (Å²) in [6, 6.07) is 13.8. The summed E-state index contributed by atoms with van der Waals surface area (Å²) < 4.78 is 3.00. The second-order valence-electron chi connectivity index (χ2n) is 4.33. The number of fused-ring (bicyclic) bond motifs is 2. The van der Waals surface area contributed by atoms with Crippen LogP contribution in [-0.2, 0) is 0 Å². The molecule has 4 rings (SSSR count). The molecule has 0 saturated heterocycles. The van der Waals surface area contributed by atoms with Gasteiger partial charge in [0.2, 0.25) is 0 Å². The minimum absolute atomic E-state index is 0.0153. The second-order valence-corrected chi connectivity index (χ2v) is 6.40. The molecule has 2 aromatic heterocycles. The van der Waals surface area contributed by atoms with E-state index in [2.05, 4.69) is 10.2 Å². The Balaban J connectivity index is 2.03. The average molecular weight is 314 g/mol. The molecule has 0 unspecified atom stereocenters. The van der Waals surface area contributed by atoms with E-state index >= 15 is 0 Å². The van der Waals surface area contributed by atoms with Crippen LogP contribution in [0.4, 0.5) is 0 Å². The summed E-state index contributed by atoms with van der Waals surface area (Å²) in [5, 5.41) is 8.82. The zero-order valence-electron chi connectivity index (χ0n) is 9.83. The van der Waals surface area contributed by atoms with Crippen LogP contribution in [0.1, 0.15) is 0 Å². The number of aromatic amines is 1. The number of benzene rings is 2. The van der Waals surface area contributed by atoms with Gasteiger partial charge in [-0.15, -0.1) is 0 Å². The Labute approximate surface area is 114 Å². The number of nitrogens with one attached hydrogen (secondary N) is 1. The van der Waals surface area contributed by atoms with Crippen molar-refractivity contribution in [3.05, 3.63) is 59.0 Å². The zero-order chi connectivity index (χ0) is 12.8. The van der Waals surface area contributed by atoms with E-state index in [0.717, 1.165) is 26.2 Å². The molecule has 0 aliphatic rings. The first-order valence-electron chi connectivity index (χ1n) is 5.87. The van der Waals surface area contributed by atoms with Crippen LogP contribution in [0, 0.1) is 0 Å². The molecular formula is C14H9N3OSe. The standard InChI is InChI=1S/C14H9N3OSe/c18-14-11-3-1-2-4-13(11)19-17(14)10-6-5-9-8-15-16-12(9)7-10/h1-8H,(H,15,16). The molecule has 0 spiro atoms. The van der Waals surface area contributed by atoms with Crippen LogP contribution in [-0.4, -0.2) is 28.5 Å². The molecule has 2 heterocycles. The van der Waals surface area contributed by atoms with Gasteiger partial charge in [0.1, 0.15) is 0 Å². The Morgan fingerprint density at radius 2 is 2.05 bits per heavy atom. The fourth-order valence-corrected chi connectivity index (χ4v) is 4.27. The molecule has 0 aliphatic heterocycles. The van der Waals surface area contributed by atoms with Gasteiger partial charge in [0.05, 0.1) is 0 Å². The first-order chi connectivity index (χ1) is 9.33. The van der Waals surface area contributed by atoms with Crippen LogP contribution in [0.5, 0.6) is 0 Å². The van der Waals surface area contributed by atoms with Gasteiger partial charge in [-0.05, 0) is 0 Å². The van der Waals surface area contributed by atoms with Gasteiger partial charge >= 0.3 is 114 Å². The van der Waals surface area contributed by atoms with Gasteiger partial charge in [-0.1, -0.05) is 0 Å². The molecule has 4 nitrogen and oxygen atoms in total. The van der Waals surface area contributed by atoms with E-state index in [1.165, 1.54) is 0 Å². The van der Waals surface area contributed by atoms with Gasteiger partial charge in [0.25, 0.3) is 0 Å². The van der Waals surface area contributed by atoms with Gasteiger partial charge in [-0.25, -0.2) is 0 Å². The Kier molecular flexibility index (Phi) is 2.24. The van der Waals surface area contributed by atoms with E-state index in [1.807, 2.05) is 46.0 Å². The molecule has 92 valence electrons. The van der Waals surface area contributed by atoms with Crippen molar-refractivity contribution in [1.82, 2.24) is 13.8 Å². The Morgan fingerprint density at radius 3 is 2.95 bits per heavy atom. The fourth-order valence-electron chi connectivity index (χ4n) is 2.19. The number of rotatable bonds is 1. The van der Waals surface area contributed by atoms with Crippen molar-refractivity contribution in [1.29, 1.82) is 0 Å². The summed E-state index contributed by atoms with van der Waals surface area (Å²) in [6.07, 6.45) is 1.78. The third-order valence-corrected chi connectivity index (χ3v) is 5.48. The molecule has 0 radical (unpaired) electrons. The molecule has 5 heteroatoms. The Morgan fingerprint density at radius 1 is 1.16 bits per heavy atom. The molecule has 4 aromatic rings. The predicted octanol–water partition coefficient (Wildman–Crippen LogP) is 1.92. The van der Waals surface area contributed by atoms with Crippen LogP contribution >= 0.6 is 0 Å². The van der Waals surface area contributed by atoms with Crippen LogP contribution < -0.4 is 5.56 Å². The number of nitrogens with zero attached hydrogens (tertiary/aromatic N) is 2. The van der Waals surface area contributed by atoms with Crippen molar-refractivity contribution < 1.29 is 0 Å². The van der Waals surface area contributed by atoms with Gasteiger partial charge in [-0.3, -0.25) is 0 Å². The average Bonchev–Trinajstić information content (AvgIpc) is 3.03. The van der Waals surface area contributed by atoms with Crippen molar-refractivity contribution in [2.45, 2.75) is 0 Å². The van der Waals surface area contributed by atoms with Gasteiger partial charge in [0, 0.05) is 0 Å². The van der Waals surface area contributed by atoms with Crippen LogP contribution in [0.2, 0.25) is 0 Å². The molecule has 0 saturated carbocycles. The number of aromatic nitrogens is 3. The van der Waals surface area contributed by atoms with Gasteiger partial charge in [0.15, 0.2) is 0 Å². The third-order valence-electron chi connectivity index (χ3n) is 3.15. The zero-order valence-corrected chi connectivity index (χ0v) is 11.5. The minimum atomic E-state index is 0.0153. The van der Waals surface area contributed by atoms with E-state index in [0.29, 0.717) is 0 Å². The summed E-state index contributed by atoms with van der Waals surface area (Å²) in [4.78, 5) is 12.4. The maximum atomic E-state index is 12.4. The Bertz CT molecular complexity index is 948. The van der Waals surface area contributed by atoms with E-state index in [1.54, 1.807) is 6.20 Å². The van der Waals surface area contributed by atoms with Crippen molar-refractivity contribution in [2.24, 2.45) is 0 Å². The van der Waals surface area contributed by atoms with E-state index < -0.39 is 0 Å². The number of H-pyrrole nitrogens is 1. The van der Waals surface area contributed by atoms with Crippen molar-refractivity contribution in [3.63, 3.8) is 0 Å². The molecule has 2 aromatic carbocycles. The quantitative estimate of drug-likeness (QED) is 0.546. The third kappa shape index (κ3) is 1.59. The van der Waals surface area contributed by atoms with Gasteiger partial charge < -0.3 is 0 Å². The van der Waals surface area contributed by atoms with Gasteiger partial charge in [-0.2, -0.15) is 0 Å². The van der Waals surface area contributed by atoms with Crippen molar-refractivity contribution >= 4 is 35.3 Å². The molecule has 0 fully saturated rings. The normalized spacial score (nSPS) is 11.4. The monoisotopic (exact) mass is 315 g/mol. The summed E-state index contributed by atoms with van der Waals surface area (Å²) in [7, 11) is 0. The topological polar surface area (TPSA) is 50.7 Å². The van der Waals surface area contributed by atoms with Crippen LogP contribution in [0.3, 0.4) is 0 Å². The summed E-state index contributed by atoms with van der Waals surface area (Å²) in [5.74, 6) is 0. The first-order valence-corrected chi connectivity index (χ1v) is 7.50. The van der Waals surface area contributed by atoms with Crippen LogP contribution in [0.15, 0.2) is 53.5 Å². The summed E-state index contributed by atoms with van der Waals surface area (Å²) in [6.45, 7) is 0. The van der Waals surface area contributed by atoms with Crippen molar-refractivity contribution in [3.8, 4) is 5.69 Å². The molecule has 19 heavy (non-hydrogen) atoms. The van der Waals surface area contributed by atoms with E-state index in [9.17, 15) is 4.79 Å². The fraction of sp³-hybridized carbons (Fsp3) is 0. The van der Waals surface area contributed by atoms with Crippen molar-refractivity contribution in [2.75, 3.05) is 0 Å². The second kappa shape index (κ2) is 3.95. The Hall–Kier alpha value is -2.10. The molecule has 1 N–H and O–H groups in total. The number of hydrogen-bond acceptors (Lipinski definition) is 2. The van der Waals surface area contributed by atoms with E-state index in [-0.39, 0.29) is 20.3 Å². The van der Waals surface area contributed by atoms with Crippen LogP contribution in [0.25, 0.3) is 26.2 Å². The number of hydrogen-bond donors (Lipinski definition) is 1. The molecule has 0 atom stereocenters. The van der Waals surface area contributed by atoms with E-state index in [4.69, 9.17) is 0 Å².